The van der Waals surface area contributed by atoms with E-state index in [9.17, 15) is 26.3 Å². The van der Waals surface area contributed by atoms with Gasteiger partial charge in [0, 0.05) is 17.7 Å². The minimum absolute atomic E-state index is 0.00706. The molecule has 1 aromatic heterocycles. The Hall–Kier alpha value is -2.51. The topological polar surface area (TPSA) is 28.7 Å². The Labute approximate surface area is 119 Å². The van der Waals surface area contributed by atoms with Gasteiger partial charge in [0.15, 0.2) is 11.6 Å². The lowest BCUT2D eigenvalue weighted by Crippen LogP contribution is -2.07. The Bertz CT molecular complexity index is 827. The Morgan fingerprint density at radius 3 is 2.18 bits per heavy atom. The van der Waals surface area contributed by atoms with Crippen LogP contribution in [0, 0.1) is 17.5 Å². The van der Waals surface area contributed by atoms with E-state index in [1.807, 2.05) is 0 Å². The summed E-state index contributed by atoms with van der Waals surface area (Å²) in [7, 11) is 0. The lowest BCUT2D eigenvalue weighted by atomic mass is 10.1. The molecule has 8 heteroatoms. The highest BCUT2D eigenvalue weighted by Gasteiger charge is 2.34. The van der Waals surface area contributed by atoms with Crippen molar-refractivity contribution >= 4 is 11.0 Å². The minimum Gasteiger partial charge on any atom is -0.338 e. The van der Waals surface area contributed by atoms with Gasteiger partial charge in [0.25, 0.3) is 0 Å². The Morgan fingerprint density at radius 2 is 1.55 bits per heavy atom. The van der Waals surface area contributed by atoms with Crippen LogP contribution in [0.2, 0.25) is 0 Å². The number of hydrogen-bond donors (Lipinski definition) is 1. The van der Waals surface area contributed by atoms with Gasteiger partial charge in [0.2, 0.25) is 0 Å². The first-order valence-corrected chi connectivity index (χ1v) is 5.97. The molecule has 22 heavy (non-hydrogen) atoms. The second-order valence-corrected chi connectivity index (χ2v) is 4.56. The third-order valence-corrected chi connectivity index (χ3v) is 3.07. The fraction of sp³-hybridized carbons (Fsp3) is 0.0714. The summed E-state index contributed by atoms with van der Waals surface area (Å²) in [5.74, 6) is -3.65. The van der Waals surface area contributed by atoms with Crippen LogP contribution >= 0.6 is 0 Å². The van der Waals surface area contributed by atoms with E-state index >= 15 is 0 Å². The van der Waals surface area contributed by atoms with E-state index in [2.05, 4.69) is 9.97 Å². The Kier molecular flexibility index (Phi) is 3.12. The lowest BCUT2D eigenvalue weighted by Gasteiger charge is -2.08. The van der Waals surface area contributed by atoms with Crippen LogP contribution in [0.4, 0.5) is 26.3 Å². The fourth-order valence-corrected chi connectivity index (χ4v) is 2.03. The molecule has 0 fully saturated rings. The number of benzene rings is 2. The third kappa shape index (κ3) is 2.40. The van der Waals surface area contributed by atoms with Crippen molar-refractivity contribution < 1.29 is 26.3 Å². The zero-order valence-corrected chi connectivity index (χ0v) is 10.6. The van der Waals surface area contributed by atoms with Gasteiger partial charge in [-0.3, -0.25) is 0 Å². The van der Waals surface area contributed by atoms with Crippen molar-refractivity contribution in [2.75, 3.05) is 0 Å². The maximum Gasteiger partial charge on any atom is 0.419 e. The van der Waals surface area contributed by atoms with Gasteiger partial charge in [-0.05, 0) is 12.1 Å². The molecule has 0 saturated heterocycles. The maximum atomic E-state index is 13.5. The van der Waals surface area contributed by atoms with E-state index in [0.29, 0.717) is 12.1 Å². The van der Waals surface area contributed by atoms with Gasteiger partial charge in [-0.2, -0.15) is 13.2 Å². The summed E-state index contributed by atoms with van der Waals surface area (Å²) in [4.78, 5) is 6.51. The van der Waals surface area contributed by atoms with Crippen molar-refractivity contribution in [1.29, 1.82) is 0 Å². The molecule has 0 aliphatic rings. The van der Waals surface area contributed by atoms with E-state index < -0.39 is 29.2 Å². The number of nitrogens with zero attached hydrogens (tertiary/aromatic N) is 1. The number of alkyl halides is 3. The zero-order valence-electron chi connectivity index (χ0n) is 10.6. The van der Waals surface area contributed by atoms with Crippen molar-refractivity contribution in [1.82, 2.24) is 9.97 Å². The van der Waals surface area contributed by atoms with Gasteiger partial charge in [-0.1, -0.05) is 6.07 Å². The van der Waals surface area contributed by atoms with Gasteiger partial charge in [0.1, 0.15) is 11.6 Å². The molecule has 0 unspecified atom stereocenters. The van der Waals surface area contributed by atoms with E-state index in [1.54, 1.807) is 0 Å². The highest BCUT2D eigenvalue weighted by molar-refractivity contribution is 5.79. The molecule has 2 nitrogen and oxygen atoms in total. The number of rotatable bonds is 1. The molecule has 2 aromatic carbocycles. The fourth-order valence-electron chi connectivity index (χ4n) is 2.03. The van der Waals surface area contributed by atoms with Crippen LogP contribution in [0.3, 0.4) is 0 Å². The van der Waals surface area contributed by atoms with Crippen LogP contribution in [0.15, 0.2) is 30.3 Å². The summed E-state index contributed by atoms with van der Waals surface area (Å²) < 4.78 is 77.2. The first kappa shape index (κ1) is 14.4. The van der Waals surface area contributed by atoms with Crippen LogP contribution in [-0.2, 0) is 6.18 Å². The molecule has 0 amide bonds. The number of aromatic amines is 1. The highest BCUT2D eigenvalue weighted by Crippen LogP contribution is 2.33. The van der Waals surface area contributed by atoms with Gasteiger partial charge in [0.05, 0.1) is 16.6 Å². The lowest BCUT2D eigenvalue weighted by molar-refractivity contribution is -0.139. The third-order valence-electron chi connectivity index (χ3n) is 3.07. The molecule has 0 aliphatic carbocycles. The number of aromatic nitrogens is 2. The number of H-pyrrole nitrogens is 1. The summed E-state index contributed by atoms with van der Waals surface area (Å²) in [5.41, 5.74) is -1.14. The molecule has 0 saturated carbocycles. The predicted octanol–water partition coefficient (Wildman–Crippen LogP) is 4.67. The smallest absolute Gasteiger partial charge is 0.338 e. The zero-order chi connectivity index (χ0) is 16.1. The van der Waals surface area contributed by atoms with Crippen LogP contribution in [0.1, 0.15) is 5.56 Å². The molecule has 3 aromatic rings. The summed E-state index contributed by atoms with van der Waals surface area (Å²) in [6.45, 7) is 0. The molecule has 1 N–H and O–H groups in total. The number of hydrogen-bond acceptors (Lipinski definition) is 1. The van der Waals surface area contributed by atoms with Gasteiger partial charge >= 0.3 is 6.18 Å². The molecule has 3 rings (SSSR count). The van der Waals surface area contributed by atoms with Crippen LogP contribution < -0.4 is 0 Å². The van der Waals surface area contributed by atoms with Crippen molar-refractivity contribution in [2.24, 2.45) is 0 Å². The quantitative estimate of drug-likeness (QED) is 0.650. The normalized spacial score (nSPS) is 12.1. The largest absolute Gasteiger partial charge is 0.419 e. The average Bonchev–Trinajstić information content (AvgIpc) is 2.80. The van der Waals surface area contributed by atoms with E-state index in [-0.39, 0.29) is 22.4 Å². The second kappa shape index (κ2) is 4.75. The standard InChI is InChI=1S/C14H6F6N2/c15-8-3-6(1-2-7(8)14(18,19)20)13-21-11-4-9(16)10(17)5-12(11)22-13/h1-5H,(H,21,22). The molecule has 0 atom stereocenters. The highest BCUT2D eigenvalue weighted by atomic mass is 19.4. The van der Waals surface area contributed by atoms with E-state index in [1.165, 1.54) is 0 Å². The number of imidazole rings is 1. The number of nitrogens with one attached hydrogen (secondary N) is 1. The molecule has 1 heterocycles. The average molecular weight is 316 g/mol. The van der Waals surface area contributed by atoms with Gasteiger partial charge < -0.3 is 4.98 Å². The monoisotopic (exact) mass is 316 g/mol. The van der Waals surface area contributed by atoms with Gasteiger partial charge in [-0.15, -0.1) is 0 Å². The first-order chi connectivity index (χ1) is 10.3. The van der Waals surface area contributed by atoms with Crippen LogP contribution in [0.5, 0.6) is 0 Å². The minimum atomic E-state index is -4.80. The molecule has 0 aliphatic heterocycles. The van der Waals surface area contributed by atoms with Crippen molar-refractivity contribution in [2.45, 2.75) is 6.18 Å². The second-order valence-electron chi connectivity index (χ2n) is 4.56. The molecule has 0 bridgehead atoms. The first-order valence-electron chi connectivity index (χ1n) is 5.97. The van der Waals surface area contributed by atoms with Crippen LogP contribution in [0.25, 0.3) is 22.4 Å². The maximum absolute atomic E-state index is 13.5. The summed E-state index contributed by atoms with van der Waals surface area (Å²) in [5, 5.41) is 0. The predicted molar refractivity (Wildman–Crippen MR) is 66.4 cm³/mol. The summed E-state index contributed by atoms with van der Waals surface area (Å²) in [6.07, 6.45) is -4.80. The Morgan fingerprint density at radius 1 is 0.864 bits per heavy atom. The molecular weight excluding hydrogens is 310 g/mol. The molecule has 0 spiro atoms. The number of halogens is 6. The number of fused-ring (bicyclic) bond motifs is 1. The SMILES string of the molecule is Fc1cc2nc(-c3ccc(C(F)(F)F)c(F)c3)[nH]c2cc1F. The van der Waals surface area contributed by atoms with Crippen molar-refractivity contribution in [3.63, 3.8) is 0 Å². The molecule has 114 valence electrons. The van der Waals surface area contributed by atoms with Crippen molar-refractivity contribution in [3.05, 3.63) is 53.3 Å². The van der Waals surface area contributed by atoms with Crippen molar-refractivity contribution in [3.8, 4) is 11.4 Å². The summed E-state index contributed by atoms with van der Waals surface area (Å²) in [6, 6.07) is 3.97. The van der Waals surface area contributed by atoms with Crippen LogP contribution in [-0.4, -0.2) is 9.97 Å². The summed E-state index contributed by atoms with van der Waals surface area (Å²) >= 11 is 0. The molecular formula is C14H6F6N2. The molecule has 0 radical (unpaired) electrons. The van der Waals surface area contributed by atoms with E-state index in [4.69, 9.17) is 0 Å². The Balaban J connectivity index is 2.10. The van der Waals surface area contributed by atoms with Gasteiger partial charge in [-0.25, -0.2) is 18.2 Å². The van der Waals surface area contributed by atoms with E-state index in [0.717, 1.165) is 18.2 Å².